The van der Waals surface area contributed by atoms with E-state index in [1.54, 1.807) is 6.20 Å². The zero-order valence-corrected chi connectivity index (χ0v) is 12.8. The van der Waals surface area contributed by atoms with Gasteiger partial charge < -0.3 is 5.11 Å². The van der Waals surface area contributed by atoms with Crippen LogP contribution >= 0.6 is 15.9 Å². The number of pyridine rings is 1. The molecule has 106 valence electrons. The summed E-state index contributed by atoms with van der Waals surface area (Å²) in [6.45, 7) is 0. The Balaban J connectivity index is 1.66. The standard InChI is InChI=1S/C15H18BrN3O/c16-11-5-6-14(17-10-11)15(20)9-12-7-8-19(18-12)13-3-1-2-4-13/h5-8,10,13,15,20H,1-4,9H2. The fourth-order valence-electron chi connectivity index (χ4n) is 2.75. The van der Waals surface area contributed by atoms with Crippen molar-refractivity contribution < 1.29 is 5.11 Å². The molecule has 0 aromatic carbocycles. The van der Waals surface area contributed by atoms with Crippen molar-refractivity contribution in [2.75, 3.05) is 0 Å². The average Bonchev–Trinajstić information content (AvgIpc) is 3.09. The minimum Gasteiger partial charge on any atom is -0.386 e. The molecule has 2 aromatic heterocycles. The number of halogens is 1. The zero-order valence-electron chi connectivity index (χ0n) is 11.2. The SMILES string of the molecule is OC(Cc1ccn(C2CCCC2)n1)c1ccc(Br)cn1. The molecule has 1 fully saturated rings. The minimum absolute atomic E-state index is 0.508. The highest BCUT2D eigenvalue weighted by atomic mass is 79.9. The van der Waals surface area contributed by atoms with Gasteiger partial charge in [-0.05, 0) is 47.0 Å². The third kappa shape index (κ3) is 3.10. The van der Waals surface area contributed by atoms with Crippen LogP contribution in [0.15, 0.2) is 35.1 Å². The molecular formula is C15H18BrN3O. The van der Waals surface area contributed by atoms with Gasteiger partial charge in [-0.15, -0.1) is 0 Å². The first kappa shape index (κ1) is 13.8. The summed E-state index contributed by atoms with van der Waals surface area (Å²) in [5.74, 6) is 0. The molecule has 5 heteroatoms. The summed E-state index contributed by atoms with van der Waals surface area (Å²) in [5, 5.41) is 14.8. The van der Waals surface area contributed by atoms with E-state index < -0.39 is 6.10 Å². The highest BCUT2D eigenvalue weighted by Gasteiger charge is 2.18. The van der Waals surface area contributed by atoms with Crippen molar-refractivity contribution in [1.29, 1.82) is 0 Å². The highest BCUT2D eigenvalue weighted by Crippen LogP contribution is 2.29. The molecule has 1 atom stereocenters. The third-order valence-corrected chi connectivity index (χ3v) is 4.33. The van der Waals surface area contributed by atoms with Gasteiger partial charge in [-0.3, -0.25) is 9.67 Å². The van der Waals surface area contributed by atoms with Crippen molar-refractivity contribution in [2.45, 2.75) is 44.2 Å². The first-order valence-corrected chi connectivity index (χ1v) is 7.85. The second kappa shape index (κ2) is 6.06. The first-order valence-electron chi connectivity index (χ1n) is 7.06. The van der Waals surface area contributed by atoms with Crippen molar-refractivity contribution >= 4 is 15.9 Å². The first-order chi connectivity index (χ1) is 9.72. The minimum atomic E-state index is -0.602. The van der Waals surface area contributed by atoms with Crippen molar-refractivity contribution in [3.05, 3.63) is 46.5 Å². The molecule has 20 heavy (non-hydrogen) atoms. The van der Waals surface area contributed by atoms with E-state index in [1.807, 2.05) is 24.4 Å². The van der Waals surface area contributed by atoms with Gasteiger partial charge in [-0.1, -0.05) is 12.8 Å². The Bertz CT molecular complexity index is 561. The van der Waals surface area contributed by atoms with Crippen LogP contribution in [-0.4, -0.2) is 19.9 Å². The van der Waals surface area contributed by atoms with E-state index >= 15 is 0 Å². The Morgan fingerprint density at radius 1 is 1.30 bits per heavy atom. The number of hydrogen-bond acceptors (Lipinski definition) is 3. The van der Waals surface area contributed by atoms with Gasteiger partial charge in [0.15, 0.2) is 0 Å². The van der Waals surface area contributed by atoms with Crippen LogP contribution in [0.4, 0.5) is 0 Å². The van der Waals surface area contributed by atoms with E-state index in [0.29, 0.717) is 18.2 Å². The van der Waals surface area contributed by atoms with Crippen molar-refractivity contribution in [3.63, 3.8) is 0 Å². The number of rotatable bonds is 4. The van der Waals surface area contributed by atoms with E-state index in [4.69, 9.17) is 0 Å². The number of aromatic nitrogens is 3. The van der Waals surface area contributed by atoms with Gasteiger partial charge in [0, 0.05) is 23.3 Å². The lowest BCUT2D eigenvalue weighted by molar-refractivity contribution is 0.172. The molecule has 4 nitrogen and oxygen atoms in total. The largest absolute Gasteiger partial charge is 0.386 e. The van der Waals surface area contributed by atoms with Gasteiger partial charge in [0.05, 0.1) is 17.4 Å². The summed E-state index contributed by atoms with van der Waals surface area (Å²) in [6, 6.07) is 6.28. The summed E-state index contributed by atoms with van der Waals surface area (Å²) in [5.41, 5.74) is 1.61. The number of hydrogen-bond donors (Lipinski definition) is 1. The van der Waals surface area contributed by atoms with E-state index in [2.05, 4.69) is 30.7 Å². The molecule has 1 saturated carbocycles. The number of nitrogens with zero attached hydrogens (tertiary/aromatic N) is 3. The molecule has 2 heterocycles. The normalized spacial score (nSPS) is 17.5. The molecule has 0 amide bonds. The monoisotopic (exact) mass is 335 g/mol. The maximum atomic E-state index is 10.2. The maximum absolute atomic E-state index is 10.2. The number of aliphatic hydroxyl groups is 1. The van der Waals surface area contributed by atoms with Crippen LogP contribution in [-0.2, 0) is 6.42 Å². The second-order valence-corrected chi connectivity index (χ2v) is 6.26. The fourth-order valence-corrected chi connectivity index (χ4v) is 2.98. The molecule has 0 radical (unpaired) electrons. The van der Waals surface area contributed by atoms with Gasteiger partial charge in [-0.2, -0.15) is 5.10 Å². The van der Waals surface area contributed by atoms with Gasteiger partial charge in [0.2, 0.25) is 0 Å². The Morgan fingerprint density at radius 2 is 2.10 bits per heavy atom. The summed E-state index contributed by atoms with van der Waals surface area (Å²) in [6.07, 6.45) is 8.68. The Morgan fingerprint density at radius 3 is 2.80 bits per heavy atom. The summed E-state index contributed by atoms with van der Waals surface area (Å²) in [4.78, 5) is 4.23. The molecule has 2 aromatic rings. The predicted octanol–water partition coefficient (Wildman–Crippen LogP) is 3.43. The molecule has 1 aliphatic rings. The number of aliphatic hydroxyl groups excluding tert-OH is 1. The van der Waals surface area contributed by atoms with Gasteiger partial charge in [0.25, 0.3) is 0 Å². The lowest BCUT2D eigenvalue weighted by Gasteiger charge is -2.10. The molecule has 1 unspecified atom stereocenters. The van der Waals surface area contributed by atoms with Crippen LogP contribution in [0.2, 0.25) is 0 Å². The molecular weight excluding hydrogens is 318 g/mol. The van der Waals surface area contributed by atoms with E-state index in [-0.39, 0.29) is 0 Å². The molecule has 0 bridgehead atoms. The molecule has 0 aliphatic heterocycles. The van der Waals surface area contributed by atoms with Crippen molar-refractivity contribution in [2.24, 2.45) is 0 Å². The Labute approximate surface area is 127 Å². The van der Waals surface area contributed by atoms with Gasteiger partial charge in [-0.25, -0.2) is 0 Å². The zero-order chi connectivity index (χ0) is 13.9. The van der Waals surface area contributed by atoms with Crippen LogP contribution < -0.4 is 0 Å². The molecule has 0 saturated heterocycles. The van der Waals surface area contributed by atoms with Crippen LogP contribution in [0.3, 0.4) is 0 Å². The van der Waals surface area contributed by atoms with Crippen molar-refractivity contribution in [1.82, 2.24) is 14.8 Å². The van der Waals surface area contributed by atoms with Crippen LogP contribution in [0.5, 0.6) is 0 Å². The van der Waals surface area contributed by atoms with E-state index in [1.165, 1.54) is 25.7 Å². The third-order valence-electron chi connectivity index (χ3n) is 3.86. The lowest BCUT2D eigenvalue weighted by atomic mass is 10.1. The summed E-state index contributed by atoms with van der Waals surface area (Å²) >= 11 is 3.34. The van der Waals surface area contributed by atoms with E-state index in [0.717, 1.165) is 10.2 Å². The molecule has 3 rings (SSSR count). The fraction of sp³-hybridized carbons (Fsp3) is 0.467. The highest BCUT2D eigenvalue weighted by molar-refractivity contribution is 9.10. The van der Waals surface area contributed by atoms with Gasteiger partial charge >= 0.3 is 0 Å². The maximum Gasteiger partial charge on any atom is 0.102 e. The summed E-state index contributed by atoms with van der Waals surface area (Å²) < 4.78 is 2.98. The second-order valence-electron chi connectivity index (χ2n) is 5.35. The Kier molecular flexibility index (Phi) is 4.17. The topological polar surface area (TPSA) is 50.9 Å². The Hall–Kier alpha value is -1.20. The van der Waals surface area contributed by atoms with Crippen LogP contribution in [0, 0.1) is 0 Å². The average molecular weight is 336 g/mol. The van der Waals surface area contributed by atoms with E-state index in [9.17, 15) is 5.11 Å². The quantitative estimate of drug-likeness (QED) is 0.931. The summed E-state index contributed by atoms with van der Waals surface area (Å²) in [7, 11) is 0. The smallest absolute Gasteiger partial charge is 0.102 e. The molecule has 0 spiro atoms. The van der Waals surface area contributed by atoms with Crippen LogP contribution in [0.1, 0.15) is 49.2 Å². The van der Waals surface area contributed by atoms with Crippen LogP contribution in [0.25, 0.3) is 0 Å². The molecule has 1 N–H and O–H groups in total. The van der Waals surface area contributed by atoms with Gasteiger partial charge in [0.1, 0.15) is 6.10 Å². The van der Waals surface area contributed by atoms with Crippen molar-refractivity contribution in [3.8, 4) is 0 Å². The molecule has 1 aliphatic carbocycles. The predicted molar refractivity (Wildman–Crippen MR) is 80.3 cm³/mol. The lowest BCUT2D eigenvalue weighted by Crippen LogP contribution is -2.08.